The summed E-state index contributed by atoms with van der Waals surface area (Å²) in [6, 6.07) is 7.21. The van der Waals surface area contributed by atoms with Crippen LogP contribution < -0.4 is 10.6 Å². The van der Waals surface area contributed by atoms with Crippen molar-refractivity contribution in [3.05, 3.63) is 60.9 Å². The van der Waals surface area contributed by atoms with Gasteiger partial charge in [-0.1, -0.05) is 38.3 Å². The van der Waals surface area contributed by atoms with Crippen LogP contribution in [0.2, 0.25) is 0 Å². The first-order valence-electron chi connectivity index (χ1n) is 9.51. The van der Waals surface area contributed by atoms with Crippen molar-refractivity contribution in [2.75, 3.05) is 12.4 Å². The molecule has 2 aromatic rings. The molecule has 0 radical (unpaired) electrons. The van der Waals surface area contributed by atoms with E-state index in [0.717, 1.165) is 11.9 Å². The molecule has 7 nitrogen and oxygen atoms in total. The molecule has 0 saturated carbocycles. The van der Waals surface area contributed by atoms with Gasteiger partial charge in [-0.05, 0) is 31.6 Å². The minimum atomic E-state index is -0.489. The molecule has 3 atom stereocenters. The maximum Gasteiger partial charge on any atom is 0.302 e. The third-order valence-corrected chi connectivity index (χ3v) is 4.96. The molecule has 3 unspecified atom stereocenters. The average molecular weight is 394 g/mol. The highest BCUT2D eigenvalue weighted by molar-refractivity contribution is 5.95. The quantitative estimate of drug-likeness (QED) is 0.548. The van der Waals surface area contributed by atoms with Gasteiger partial charge in [-0.2, -0.15) is 4.98 Å². The molecule has 1 aromatic heterocycles. The van der Waals surface area contributed by atoms with Gasteiger partial charge < -0.3 is 14.5 Å². The van der Waals surface area contributed by atoms with Crippen molar-refractivity contribution in [2.45, 2.75) is 32.4 Å². The van der Waals surface area contributed by atoms with E-state index in [1.165, 1.54) is 0 Å². The molecular weight excluding hydrogens is 368 g/mol. The fourth-order valence-corrected chi connectivity index (χ4v) is 3.55. The molecule has 0 bridgehead atoms. The number of para-hydroxylation sites is 2. The zero-order valence-corrected chi connectivity index (χ0v) is 16.9. The molecule has 0 amide bonds. The Bertz CT molecular complexity index is 956. The molecule has 0 fully saturated rings. The number of aromatic nitrogens is 1. The van der Waals surface area contributed by atoms with E-state index < -0.39 is 6.04 Å². The number of hydrogen-bond donors (Lipinski definition) is 2. The minimum absolute atomic E-state index is 0.0363. The van der Waals surface area contributed by atoms with Gasteiger partial charge in [0, 0.05) is 11.6 Å². The summed E-state index contributed by atoms with van der Waals surface area (Å²) in [4.78, 5) is 21.6. The van der Waals surface area contributed by atoms with Crippen LogP contribution in [-0.4, -0.2) is 35.9 Å². The molecule has 2 N–H and O–H groups in total. The topological polar surface area (TPSA) is 88.8 Å². The van der Waals surface area contributed by atoms with Gasteiger partial charge >= 0.3 is 6.01 Å². The molecular formula is C22H26N4O3. The number of ether oxygens (including phenoxy) is 1. The number of guanidine groups is 1. The number of aliphatic imine (C=N–C) groups is 1. The van der Waals surface area contributed by atoms with E-state index in [2.05, 4.69) is 28.8 Å². The van der Waals surface area contributed by atoms with Gasteiger partial charge in [0.05, 0.1) is 19.1 Å². The van der Waals surface area contributed by atoms with Crippen molar-refractivity contribution in [1.29, 1.82) is 0 Å². The number of ketones is 1. The van der Waals surface area contributed by atoms with Crippen molar-refractivity contribution in [3.8, 4) is 0 Å². The standard InChI is InChI=1S/C22H26N4O3/c1-6-10-17(28-5)13(3)20-19(14(4)27)15(7-2)23-21(25-20)26-22-24-16-11-8-9-12-18(16)29-22/h6,8-12,15,19-20H,1,3,7H2,2,4-5H3,(H2,23,24,25,26)/b17-10+. The van der Waals surface area contributed by atoms with Crippen LogP contribution >= 0.6 is 0 Å². The van der Waals surface area contributed by atoms with Crippen LogP contribution in [0.3, 0.4) is 0 Å². The Labute approximate surface area is 170 Å². The van der Waals surface area contributed by atoms with Crippen LogP contribution in [0, 0.1) is 5.92 Å². The molecule has 0 spiro atoms. The lowest BCUT2D eigenvalue weighted by molar-refractivity contribution is -0.122. The number of rotatable bonds is 7. The number of hydrogen-bond acceptors (Lipinski definition) is 7. The second kappa shape index (κ2) is 8.77. The Hall–Kier alpha value is -3.35. The van der Waals surface area contributed by atoms with Gasteiger partial charge in [0.25, 0.3) is 0 Å². The fourth-order valence-electron chi connectivity index (χ4n) is 3.55. The van der Waals surface area contributed by atoms with E-state index in [9.17, 15) is 4.79 Å². The van der Waals surface area contributed by atoms with E-state index in [0.29, 0.717) is 28.9 Å². The fraction of sp³-hybridized carbons (Fsp3) is 0.318. The molecule has 29 heavy (non-hydrogen) atoms. The van der Waals surface area contributed by atoms with Gasteiger partial charge in [0.2, 0.25) is 0 Å². The molecule has 7 heteroatoms. The third kappa shape index (κ3) is 4.23. The molecule has 2 heterocycles. The van der Waals surface area contributed by atoms with Crippen molar-refractivity contribution in [2.24, 2.45) is 10.9 Å². The number of carbonyl (C=O) groups is 1. The van der Waals surface area contributed by atoms with E-state index in [-0.39, 0.29) is 17.7 Å². The largest absolute Gasteiger partial charge is 0.496 e. The van der Waals surface area contributed by atoms with Gasteiger partial charge in [-0.25, -0.2) is 4.99 Å². The summed E-state index contributed by atoms with van der Waals surface area (Å²) in [5, 5.41) is 6.39. The van der Waals surface area contributed by atoms with Crippen molar-refractivity contribution in [3.63, 3.8) is 0 Å². The molecule has 1 aliphatic rings. The molecule has 1 aromatic carbocycles. The van der Waals surface area contributed by atoms with Crippen molar-refractivity contribution in [1.82, 2.24) is 10.3 Å². The Morgan fingerprint density at radius 1 is 1.41 bits per heavy atom. The number of benzene rings is 1. The summed E-state index contributed by atoms with van der Waals surface area (Å²) in [6.45, 7) is 11.5. The lowest BCUT2D eigenvalue weighted by Crippen LogP contribution is -2.54. The van der Waals surface area contributed by atoms with Crippen LogP contribution in [0.5, 0.6) is 0 Å². The number of Topliss-reactive ketones (excluding diaryl/α,β-unsaturated/α-hetero) is 1. The van der Waals surface area contributed by atoms with Gasteiger partial charge in [-0.3, -0.25) is 10.1 Å². The minimum Gasteiger partial charge on any atom is -0.496 e. The molecule has 152 valence electrons. The summed E-state index contributed by atoms with van der Waals surface area (Å²) in [7, 11) is 1.56. The monoisotopic (exact) mass is 394 g/mol. The normalized spacial score (nSPS) is 21.8. The summed E-state index contributed by atoms with van der Waals surface area (Å²) >= 11 is 0. The maximum atomic E-state index is 12.5. The number of fused-ring (bicyclic) bond motifs is 1. The molecule has 3 rings (SSSR count). The maximum absolute atomic E-state index is 12.5. The SMILES string of the molecule is C=C/C=C(/OC)C(=C)C1N=C(Nc2nc3ccccc3o2)NC(CC)C1C(C)=O. The first-order valence-corrected chi connectivity index (χ1v) is 9.51. The highest BCUT2D eigenvalue weighted by atomic mass is 16.5. The second-order valence-electron chi connectivity index (χ2n) is 6.83. The number of carbonyl (C=O) groups excluding carboxylic acids is 1. The highest BCUT2D eigenvalue weighted by Crippen LogP contribution is 2.30. The zero-order chi connectivity index (χ0) is 21.0. The predicted octanol–water partition coefficient (Wildman–Crippen LogP) is 3.82. The number of nitrogens with one attached hydrogen (secondary N) is 2. The number of nitrogens with zero attached hydrogens (tertiary/aromatic N) is 2. The van der Waals surface area contributed by atoms with Crippen LogP contribution in [0.25, 0.3) is 11.1 Å². The van der Waals surface area contributed by atoms with Gasteiger partial charge in [0.1, 0.15) is 17.1 Å². The number of anilines is 1. The van der Waals surface area contributed by atoms with Crippen LogP contribution in [0.15, 0.2) is 70.3 Å². The number of oxazole rings is 1. The van der Waals surface area contributed by atoms with E-state index >= 15 is 0 Å². The molecule has 0 aliphatic carbocycles. The number of methoxy groups -OCH3 is 1. The van der Waals surface area contributed by atoms with Gasteiger partial charge in [0.15, 0.2) is 11.5 Å². The number of allylic oxidation sites excluding steroid dienone is 2. The highest BCUT2D eigenvalue weighted by Gasteiger charge is 2.39. The van der Waals surface area contributed by atoms with Crippen LogP contribution in [0.1, 0.15) is 20.3 Å². The Morgan fingerprint density at radius 2 is 2.17 bits per heavy atom. The van der Waals surface area contributed by atoms with Crippen LogP contribution in [0.4, 0.5) is 6.01 Å². The lowest BCUT2D eigenvalue weighted by atomic mass is 9.82. The van der Waals surface area contributed by atoms with Gasteiger partial charge in [-0.15, -0.1) is 0 Å². The third-order valence-electron chi connectivity index (χ3n) is 4.96. The summed E-state index contributed by atoms with van der Waals surface area (Å²) in [5.74, 6) is 0.679. The Morgan fingerprint density at radius 3 is 2.79 bits per heavy atom. The lowest BCUT2D eigenvalue weighted by Gasteiger charge is -2.36. The van der Waals surface area contributed by atoms with Crippen molar-refractivity contribution < 1.29 is 13.9 Å². The smallest absolute Gasteiger partial charge is 0.302 e. The Balaban J connectivity index is 1.97. The van der Waals surface area contributed by atoms with Crippen molar-refractivity contribution >= 4 is 28.9 Å². The zero-order valence-electron chi connectivity index (χ0n) is 16.9. The Kier molecular flexibility index (Phi) is 6.16. The van der Waals surface area contributed by atoms with Crippen LogP contribution in [-0.2, 0) is 9.53 Å². The molecule has 0 saturated heterocycles. The summed E-state index contributed by atoms with van der Waals surface area (Å²) in [6.07, 6.45) is 4.06. The van der Waals surface area contributed by atoms with E-state index in [1.54, 1.807) is 26.2 Å². The second-order valence-corrected chi connectivity index (χ2v) is 6.83. The molecule has 1 aliphatic heterocycles. The summed E-state index contributed by atoms with van der Waals surface area (Å²) in [5.41, 5.74) is 2.04. The first-order chi connectivity index (χ1) is 14.0. The van der Waals surface area contributed by atoms with E-state index in [4.69, 9.17) is 14.1 Å². The first kappa shape index (κ1) is 20.4. The summed E-state index contributed by atoms with van der Waals surface area (Å²) < 4.78 is 11.2. The predicted molar refractivity (Wildman–Crippen MR) is 115 cm³/mol. The average Bonchev–Trinajstić information content (AvgIpc) is 3.12. The van der Waals surface area contributed by atoms with E-state index in [1.807, 2.05) is 31.2 Å².